The van der Waals surface area contributed by atoms with E-state index >= 15 is 0 Å². The molecule has 1 aliphatic rings. The smallest absolute Gasteiger partial charge is 0.0918 e. The number of hydrogen-bond acceptors (Lipinski definition) is 2. The van der Waals surface area contributed by atoms with Gasteiger partial charge in [0.25, 0.3) is 0 Å². The Kier molecular flexibility index (Phi) is 4.64. The molecule has 1 N–H and O–H groups in total. The maximum atomic E-state index is 6.13. The lowest BCUT2D eigenvalue weighted by atomic mass is 9.84. The van der Waals surface area contributed by atoms with Crippen LogP contribution in [0.5, 0.6) is 0 Å². The van der Waals surface area contributed by atoms with Crippen LogP contribution < -0.4 is 5.32 Å². The molecule has 2 nitrogen and oxygen atoms in total. The SMILES string of the molecule is CCCNC1CCOC(C)(c2cc(C)cc(C)c2)C1. The lowest BCUT2D eigenvalue weighted by molar-refractivity contribution is -0.0812. The van der Waals surface area contributed by atoms with E-state index in [9.17, 15) is 0 Å². The number of hydrogen-bond donors (Lipinski definition) is 1. The quantitative estimate of drug-likeness (QED) is 0.892. The predicted molar refractivity (Wildman–Crippen MR) is 80.5 cm³/mol. The average molecular weight is 261 g/mol. The minimum atomic E-state index is -0.138. The summed E-state index contributed by atoms with van der Waals surface area (Å²) in [7, 11) is 0. The third-order valence-electron chi connectivity index (χ3n) is 4.04. The predicted octanol–water partition coefficient (Wildman–Crippen LogP) is 3.70. The van der Waals surface area contributed by atoms with Crippen LogP contribution in [-0.2, 0) is 10.3 Å². The average Bonchev–Trinajstić information content (AvgIpc) is 2.35. The van der Waals surface area contributed by atoms with Gasteiger partial charge in [0.2, 0.25) is 0 Å². The molecule has 1 fully saturated rings. The van der Waals surface area contributed by atoms with Gasteiger partial charge in [0.1, 0.15) is 0 Å². The summed E-state index contributed by atoms with van der Waals surface area (Å²) in [5.41, 5.74) is 3.83. The van der Waals surface area contributed by atoms with Gasteiger partial charge in [-0.3, -0.25) is 0 Å². The third-order valence-corrected chi connectivity index (χ3v) is 4.04. The van der Waals surface area contributed by atoms with Crippen LogP contribution in [0.4, 0.5) is 0 Å². The highest BCUT2D eigenvalue weighted by Crippen LogP contribution is 2.35. The van der Waals surface area contributed by atoms with Crippen LogP contribution in [0, 0.1) is 13.8 Å². The Morgan fingerprint density at radius 1 is 1.26 bits per heavy atom. The van der Waals surface area contributed by atoms with Crippen molar-refractivity contribution in [3.8, 4) is 0 Å². The topological polar surface area (TPSA) is 21.3 Å². The van der Waals surface area contributed by atoms with E-state index in [2.05, 4.69) is 51.2 Å². The van der Waals surface area contributed by atoms with E-state index in [1.807, 2.05) is 0 Å². The Morgan fingerprint density at radius 2 is 1.95 bits per heavy atom. The first-order valence-electron chi connectivity index (χ1n) is 7.49. The Hall–Kier alpha value is -0.860. The van der Waals surface area contributed by atoms with E-state index in [0.29, 0.717) is 6.04 Å². The molecule has 0 saturated carbocycles. The largest absolute Gasteiger partial charge is 0.370 e. The zero-order chi connectivity index (χ0) is 13.9. The van der Waals surface area contributed by atoms with Crippen LogP contribution >= 0.6 is 0 Å². The Bertz CT molecular complexity index is 409. The molecular weight excluding hydrogens is 234 g/mol. The molecule has 0 amide bonds. The van der Waals surface area contributed by atoms with Gasteiger partial charge >= 0.3 is 0 Å². The normalized spacial score (nSPS) is 27.5. The second kappa shape index (κ2) is 6.06. The first-order valence-corrected chi connectivity index (χ1v) is 7.49. The molecule has 0 aliphatic carbocycles. The van der Waals surface area contributed by atoms with Crippen molar-refractivity contribution in [2.75, 3.05) is 13.2 Å². The molecule has 1 saturated heterocycles. The van der Waals surface area contributed by atoms with E-state index in [4.69, 9.17) is 4.74 Å². The van der Waals surface area contributed by atoms with Crippen molar-refractivity contribution >= 4 is 0 Å². The molecular formula is C17H27NO. The summed E-state index contributed by atoms with van der Waals surface area (Å²) in [5.74, 6) is 0. The van der Waals surface area contributed by atoms with Crippen LogP contribution in [0.15, 0.2) is 18.2 Å². The number of rotatable bonds is 4. The summed E-state index contributed by atoms with van der Waals surface area (Å²) in [5, 5.41) is 3.65. The Labute approximate surface area is 117 Å². The molecule has 2 unspecified atom stereocenters. The molecule has 1 aromatic rings. The van der Waals surface area contributed by atoms with Gasteiger partial charge in [-0.05, 0) is 52.1 Å². The second-order valence-corrected chi connectivity index (χ2v) is 6.10. The molecule has 0 aromatic heterocycles. The summed E-state index contributed by atoms with van der Waals surface area (Å²) >= 11 is 0. The maximum Gasteiger partial charge on any atom is 0.0918 e. The van der Waals surface area contributed by atoms with Crippen LogP contribution in [0.2, 0.25) is 0 Å². The van der Waals surface area contributed by atoms with Gasteiger partial charge in [-0.2, -0.15) is 0 Å². The van der Waals surface area contributed by atoms with E-state index in [1.165, 1.54) is 23.1 Å². The van der Waals surface area contributed by atoms with E-state index in [-0.39, 0.29) is 5.60 Å². The monoisotopic (exact) mass is 261 g/mol. The van der Waals surface area contributed by atoms with Gasteiger partial charge in [-0.25, -0.2) is 0 Å². The van der Waals surface area contributed by atoms with Crippen LogP contribution in [0.1, 0.15) is 49.8 Å². The van der Waals surface area contributed by atoms with Crippen molar-refractivity contribution in [1.29, 1.82) is 0 Å². The number of nitrogens with one attached hydrogen (secondary N) is 1. The molecule has 0 bridgehead atoms. The van der Waals surface area contributed by atoms with Crippen molar-refractivity contribution in [1.82, 2.24) is 5.32 Å². The van der Waals surface area contributed by atoms with Crippen LogP contribution in [0.25, 0.3) is 0 Å². The number of benzene rings is 1. The van der Waals surface area contributed by atoms with Crippen molar-refractivity contribution in [3.05, 3.63) is 34.9 Å². The third kappa shape index (κ3) is 3.58. The van der Waals surface area contributed by atoms with Crippen molar-refractivity contribution < 1.29 is 4.74 Å². The highest BCUT2D eigenvalue weighted by molar-refractivity contribution is 5.32. The zero-order valence-corrected chi connectivity index (χ0v) is 12.8. The van der Waals surface area contributed by atoms with Gasteiger partial charge in [-0.15, -0.1) is 0 Å². The summed E-state index contributed by atoms with van der Waals surface area (Å²) in [6.45, 7) is 10.7. The van der Waals surface area contributed by atoms with E-state index < -0.39 is 0 Å². The molecule has 106 valence electrons. The minimum absolute atomic E-state index is 0.138. The minimum Gasteiger partial charge on any atom is -0.370 e. The lowest BCUT2D eigenvalue weighted by Gasteiger charge is -2.39. The van der Waals surface area contributed by atoms with Crippen molar-refractivity contribution in [3.63, 3.8) is 0 Å². The lowest BCUT2D eigenvalue weighted by Crippen LogP contribution is -2.44. The van der Waals surface area contributed by atoms with Crippen molar-refractivity contribution in [2.24, 2.45) is 0 Å². The Morgan fingerprint density at radius 3 is 2.58 bits per heavy atom. The number of aryl methyl sites for hydroxylation is 2. The molecule has 1 heterocycles. The fourth-order valence-electron chi connectivity index (χ4n) is 3.06. The summed E-state index contributed by atoms with van der Waals surface area (Å²) in [6, 6.07) is 7.35. The molecule has 19 heavy (non-hydrogen) atoms. The summed E-state index contributed by atoms with van der Waals surface area (Å²) in [6.07, 6.45) is 3.38. The van der Waals surface area contributed by atoms with Crippen molar-refractivity contribution in [2.45, 2.75) is 58.6 Å². The summed E-state index contributed by atoms with van der Waals surface area (Å²) < 4.78 is 6.13. The maximum absolute atomic E-state index is 6.13. The molecule has 1 aliphatic heterocycles. The first-order chi connectivity index (χ1) is 9.03. The standard InChI is InChI=1S/C17H27NO/c1-5-7-18-16-6-8-19-17(4,12-16)15-10-13(2)9-14(3)11-15/h9-11,16,18H,5-8,12H2,1-4H3. The fraction of sp³-hybridized carbons (Fsp3) is 0.647. The molecule has 0 radical (unpaired) electrons. The van der Waals surface area contributed by atoms with E-state index in [1.54, 1.807) is 0 Å². The fourth-order valence-corrected chi connectivity index (χ4v) is 3.06. The highest BCUT2D eigenvalue weighted by Gasteiger charge is 2.34. The number of ether oxygens (including phenoxy) is 1. The Balaban J connectivity index is 2.16. The molecule has 2 heteroatoms. The van der Waals surface area contributed by atoms with Gasteiger partial charge in [0, 0.05) is 12.6 Å². The second-order valence-electron chi connectivity index (χ2n) is 6.10. The van der Waals surface area contributed by atoms with Crippen LogP contribution in [-0.4, -0.2) is 19.2 Å². The molecule has 1 aromatic carbocycles. The molecule has 0 spiro atoms. The zero-order valence-electron chi connectivity index (χ0n) is 12.8. The van der Waals surface area contributed by atoms with Gasteiger partial charge in [-0.1, -0.05) is 36.2 Å². The highest BCUT2D eigenvalue weighted by atomic mass is 16.5. The first kappa shape index (κ1) is 14.5. The van der Waals surface area contributed by atoms with Gasteiger partial charge in [0.05, 0.1) is 5.60 Å². The van der Waals surface area contributed by atoms with Crippen LogP contribution in [0.3, 0.4) is 0 Å². The molecule has 2 rings (SSSR count). The summed E-state index contributed by atoms with van der Waals surface area (Å²) in [4.78, 5) is 0. The van der Waals surface area contributed by atoms with Gasteiger partial charge < -0.3 is 10.1 Å². The molecule has 2 atom stereocenters. The van der Waals surface area contributed by atoms with E-state index in [0.717, 1.165) is 26.0 Å². The van der Waals surface area contributed by atoms with Gasteiger partial charge in [0.15, 0.2) is 0 Å².